The van der Waals surface area contributed by atoms with E-state index in [4.69, 9.17) is 10.00 Å². The number of carbonyl (C=O) groups is 1. The van der Waals surface area contributed by atoms with Crippen molar-refractivity contribution in [2.45, 2.75) is 50.2 Å². The van der Waals surface area contributed by atoms with Crippen molar-refractivity contribution in [1.29, 1.82) is 5.26 Å². The fourth-order valence-corrected chi connectivity index (χ4v) is 3.48. The molecule has 1 saturated heterocycles. The smallest absolute Gasteiger partial charge is 0.254 e. The maximum absolute atomic E-state index is 12.5. The number of aliphatic hydroxyl groups is 1. The highest BCUT2D eigenvalue weighted by atomic mass is 16.5. The average molecular weight is 314 g/mol. The lowest BCUT2D eigenvalue weighted by molar-refractivity contribution is -0.152. The van der Waals surface area contributed by atoms with Crippen LogP contribution in [0.1, 0.15) is 44.1 Å². The fourth-order valence-electron chi connectivity index (χ4n) is 3.48. The van der Waals surface area contributed by atoms with Crippen LogP contribution in [-0.4, -0.2) is 40.7 Å². The second-order valence-electron chi connectivity index (χ2n) is 6.49. The Morgan fingerprint density at radius 2 is 2.00 bits per heavy atom. The van der Waals surface area contributed by atoms with Gasteiger partial charge in [0.15, 0.2) is 0 Å². The van der Waals surface area contributed by atoms with Crippen LogP contribution in [0.5, 0.6) is 5.75 Å². The molecule has 0 spiro atoms. The summed E-state index contributed by atoms with van der Waals surface area (Å²) < 4.78 is 5.92. The number of amides is 1. The molecule has 5 nitrogen and oxygen atoms in total. The molecule has 1 aromatic rings. The highest BCUT2D eigenvalue weighted by Gasteiger charge is 2.42. The van der Waals surface area contributed by atoms with Crippen molar-refractivity contribution in [3.63, 3.8) is 0 Å². The molecule has 1 amide bonds. The summed E-state index contributed by atoms with van der Waals surface area (Å²) in [5, 5.41) is 19.3. The first-order chi connectivity index (χ1) is 11.1. The van der Waals surface area contributed by atoms with Gasteiger partial charge in [0.2, 0.25) is 0 Å². The molecule has 0 bridgehead atoms. The van der Waals surface area contributed by atoms with Crippen LogP contribution in [-0.2, 0) is 4.79 Å². The molecule has 1 heterocycles. The zero-order valence-corrected chi connectivity index (χ0v) is 13.2. The molecule has 1 aliphatic heterocycles. The predicted octanol–water partition coefficient (Wildman–Crippen LogP) is 2.23. The number of nitriles is 1. The number of nitrogens with zero attached hydrogens (tertiary/aromatic N) is 2. The number of hydrogen-bond donors (Lipinski definition) is 1. The molecule has 0 radical (unpaired) electrons. The van der Waals surface area contributed by atoms with Gasteiger partial charge in [-0.1, -0.05) is 6.07 Å². The van der Waals surface area contributed by atoms with Crippen molar-refractivity contribution in [2.24, 2.45) is 0 Å². The lowest BCUT2D eigenvalue weighted by Crippen LogP contribution is -2.51. The molecule has 5 heteroatoms. The Hall–Kier alpha value is -2.06. The molecule has 1 N–H and O–H groups in total. The summed E-state index contributed by atoms with van der Waals surface area (Å²) in [6.07, 6.45) is 4.57. The van der Waals surface area contributed by atoms with E-state index in [2.05, 4.69) is 6.07 Å². The minimum absolute atomic E-state index is 0.0474. The fraction of sp³-hybridized carbons (Fsp3) is 0.556. The summed E-state index contributed by atoms with van der Waals surface area (Å²) in [7, 11) is 0. The van der Waals surface area contributed by atoms with E-state index in [1.54, 1.807) is 17.0 Å². The van der Waals surface area contributed by atoms with Gasteiger partial charge in [0.25, 0.3) is 5.91 Å². The first kappa shape index (κ1) is 15.8. The summed E-state index contributed by atoms with van der Waals surface area (Å²) in [5.41, 5.74) is -0.548. The second-order valence-corrected chi connectivity index (χ2v) is 6.49. The Labute approximate surface area is 136 Å². The topological polar surface area (TPSA) is 73.6 Å². The summed E-state index contributed by atoms with van der Waals surface area (Å²) in [6.45, 7) is 1.23. The molecule has 1 saturated carbocycles. The zero-order valence-electron chi connectivity index (χ0n) is 13.2. The van der Waals surface area contributed by atoms with Gasteiger partial charge in [0, 0.05) is 25.9 Å². The lowest BCUT2D eigenvalue weighted by Gasteiger charge is -2.36. The van der Waals surface area contributed by atoms with Crippen LogP contribution in [0.15, 0.2) is 24.3 Å². The number of hydrogen-bond acceptors (Lipinski definition) is 4. The van der Waals surface area contributed by atoms with Gasteiger partial charge in [0.1, 0.15) is 17.5 Å². The molecular weight excluding hydrogens is 292 g/mol. The van der Waals surface area contributed by atoms with Crippen molar-refractivity contribution in [3.8, 4) is 11.8 Å². The molecule has 23 heavy (non-hydrogen) atoms. The van der Waals surface area contributed by atoms with E-state index in [1.165, 1.54) is 0 Å². The first-order valence-corrected chi connectivity index (χ1v) is 8.29. The molecule has 0 aromatic heterocycles. The van der Waals surface area contributed by atoms with Gasteiger partial charge in [0.05, 0.1) is 11.6 Å². The Kier molecular flexibility index (Phi) is 4.53. The van der Waals surface area contributed by atoms with E-state index >= 15 is 0 Å². The van der Waals surface area contributed by atoms with E-state index in [9.17, 15) is 9.90 Å². The van der Waals surface area contributed by atoms with Crippen LogP contribution >= 0.6 is 0 Å². The summed E-state index contributed by atoms with van der Waals surface area (Å²) in [5.74, 6) is 0.586. The molecule has 2 fully saturated rings. The van der Waals surface area contributed by atoms with Crippen LogP contribution in [0.2, 0.25) is 0 Å². The number of rotatable bonds is 3. The van der Waals surface area contributed by atoms with Crippen molar-refractivity contribution < 1.29 is 14.6 Å². The molecule has 2 aliphatic rings. The number of carbonyl (C=O) groups excluding carboxylic acids is 1. The predicted molar refractivity (Wildman–Crippen MR) is 84.8 cm³/mol. The van der Waals surface area contributed by atoms with Gasteiger partial charge in [-0.15, -0.1) is 0 Å². The van der Waals surface area contributed by atoms with Gasteiger partial charge in [-0.3, -0.25) is 4.79 Å². The highest BCUT2D eigenvalue weighted by molar-refractivity contribution is 5.85. The zero-order chi connectivity index (χ0) is 16.3. The molecular formula is C18H22N2O3. The second kappa shape index (κ2) is 6.59. The highest BCUT2D eigenvalue weighted by Crippen LogP contribution is 2.32. The SMILES string of the molecule is N#Cc1cccc(OC2CCN(C(=O)C3(O)CCCC3)CC2)c1. The molecule has 1 aromatic carbocycles. The van der Waals surface area contributed by atoms with Crippen LogP contribution in [0, 0.1) is 11.3 Å². The van der Waals surface area contributed by atoms with E-state index in [0.717, 1.165) is 25.7 Å². The Balaban J connectivity index is 1.54. The van der Waals surface area contributed by atoms with Crippen molar-refractivity contribution in [3.05, 3.63) is 29.8 Å². The minimum Gasteiger partial charge on any atom is -0.490 e. The molecule has 0 atom stereocenters. The van der Waals surface area contributed by atoms with E-state index in [-0.39, 0.29) is 12.0 Å². The van der Waals surface area contributed by atoms with Gasteiger partial charge >= 0.3 is 0 Å². The quantitative estimate of drug-likeness (QED) is 0.928. The maximum Gasteiger partial charge on any atom is 0.254 e. The van der Waals surface area contributed by atoms with Gasteiger partial charge in [-0.2, -0.15) is 5.26 Å². The largest absolute Gasteiger partial charge is 0.490 e. The first-order valence-electron chi connectivity index (χ1n) is 8.29. The third-order valence-electron chi connectivity index (χ3n) is 4.82. The van der Waals surface area contributed by atoms with Gasteiger partial charge in [-0.05, 0) is 43.9 Å². The molecule has 3 rings (SSSR count). The summed E-state index contributed by atoms with van der Waals surface area (Å²) in [4.78, 5) is 14.2. The Bertz CT molecular complexity index is 609. The van der Waals surface area contributed by atoms with E-state index in [1.807, 2.05) is 12.1 Å². The van der Waals surface area contributed by atoms with Crippen molar-refractivity contribution >= 4 is 5.91 Å². The van der Waals surface area contributed by atoms with E-state index < -0.39 is 5.60 Å². The van der Waals surface area contributed by atoms with Crippen LogP contribution < -0.4 is 4.74 Å². The monoisotopic (exact) mass is 314 g/mol. The normalized spacial score (nSPS) is 21.0. The number of piperidine rings is 1. The lowest BCUT2D eigenvalue weighted by atomic mass is 9.98. The minimum atomic E-state index is -1.13. The van der Waals surface area contributed by atoms with Gasteiger partial charge < -0.3 is 14.7 Å². The van der Waals surface area contributed by atoms with Crippen molar-refractivity contribution in [2.75, 3.05) is 13.1 Å². The standard InChI is InChI=1S/C18H22N2O3/c19-13-14-4-3-5-16(12-14)23-15-6-10-20(11-7-15)17(21)18(22)8-1-2-9-18/h3-5,12,15,22H,1-2,6-11H2. The third kappa shape index (κ3) is 3.48. The van der Waals surface area contributed by atoms with E-state index in [0.29, 0.717) is 37.2 Å². The Morgan fingerprint density at radius 3 is 2.65 bits per heavy atom. The number of likely N-dealkylation sites (tertiary alicyclic amines) is 1. The Morgan fingerprint density at radius 1 is 1.30 bits per heavy atom. The third-order valence-corrected chi connectivity index (χ3v) is 4.82. The summed E-state index contributed by atoms with van der Waals surface area (Å²) >= 11 is 0. The molecule has 122 valence electrons. The van der Waals surface area contributed by atoms with Gasteiger partial charge in [-0.25, -0.2) is 0 Å². The molecule has 1 aliphatic carbocycles. The van der Waals surface area contributed by atoms with Crippen LogP contribution in [0.4, 0.5) is 0 Å². The summed E-state index contributed by atoms with van der Waals surface area (Å²) in [6, 6.07) is 9.24. The van der Waals surface area contributed by atoms with Crippen LogP contribution in [0.3, 0.4) is 0 Å². The average Bonchev–Trinajstić information content (AvgIpc) is 3.03. The number of ether oxygens (including phenoxy) is 1. The van der Waals surface area contributed by atoms with Crippen molar-refractivity contribution in [1.82, 2.24) is 4.90 Å². The molecule has 0 unspecified atom stereocenters. The maximum atomic E-state index is 12.5. The van der Waals surface area contributed by atoms with Crippen LogP contribution in [0.25, 0.3) is 0 Å². The number of benzene rings is 1.